The Bertz CT molecular complexity index is 3430. The van der Waals surface area contributed by atoms with Crippen molar-refractivity contribution in [2.45, 2.75) is 189 Å². The zero-order valence-electron chi connectivity index (χ0n) is 50.4. The van der Waals surface area contributed by atoms with Crippen molar-refractivity contribution in [2.24, 2.45) is 111 Å². The number of esters is 1. The maximum absolute atomic E-state index is 16.2. The van der Waals surface area contributed by atoms with Crippen LogP contribution in [0.15, 0.2) is 84.4 Å². The highest BCUT2D eigenvalue weighted by Crippen LogP contribution is 2.83. The van der Waals surface area contributed by atoms with Crippen molar-refractivity contribution in [3.8, 4) is 23.7 Å². The van der Waals surface area contributed by atoms with Gasteiger partial charge in [-0.3, -0.25) is 0 Å². The van der Waals surface area contributed by atoms with Crippen LogP contribution < -0.4 is 5.32 Å². The Kier molecular flexibility index (Phi) is 12.7. The van der Waals surface area contributed by atoms with E-state index in [2.05, 4.69) is 90.5 Å². The van der Waals surface area contributed by atoms with Crippen molar-refractivity contribution >= 4 is 12.3 Å². The molecule has 18 rings (SSSR count). The number of hydrogen-bond donors (Lipinski definition) is 6. The van der Waals surface area contributed by atoms with Crippen molar-refractivity contribution < 1.29 is 44.6 Å². The van der Waals surface area contributed by atoms with Gasteiger partial charge in [0, 0.05) is 70.9 Å². The Morgan fingerprint density at radius 3 is 2.41 bits per heavy atom. The fraction of sp³-hybridized carbons (Fsp3) is 0.658. The van der Waals surface area contributed by atoms with Crippen LogP contribution in [-0.4, -0.2) is 92.1 Å². The van der Waals surface area contributed by atoms with Crippen LogP contribution in [0.1, 0.15) is 143 Å². The fourth-order valence-electron chi connectivity index (χ4n) is 26.1. The van der Waals surface area contributed by atoms with E-state index in [1.54, 1.807) is 6.08 Å². The Morgan fingerprint density at radius 1 is 0.779 bits per heavy atom. The summed E-state index contributed by atoms with van der Waals surface area (Å²) >= 11 is 0. The first-order chi connectivity index (χ1) is 41.7. The molecule has 10 nitrogen and oxygen atoms in total. The number of aldehydes is 1. The van der Waals surface area contributed by atoms with E-state index in [1.807, 2.05) is 25.2 Å². The summed E-state index contributed by atoms with van der Waals surface area (Å²) in [7, 11) is 1.95. The molecule has 3 aliphatic heterocycles. The second kappa shape index (κ2) is 19.7. The molecule has 18 bridgehead atoms. The molecule has 0 radical (unpaired) electrons. The van der Waals surface area contributed by atoms with Crippen LogP contribution in [0.2, 0.25) is 0 Å². The minimum Gasteiger partial charge on any atom is -0.454 e. The first-order valence-electron chi connectivity index (χ1n) is 34.1. The molecule has 3 heterocycles. The number of aliphatic hydroxyl groups excluding tert-OH is 2. The number of nitrogens with one attached hydrogen (secondary N) is 1. The van der Waals surface area contributed by atoms with Crippen LogP contribution in [0.4, 0.5) is 0 Å². The molecule has 452 valence electrons. The molecule has 0 amide bonds. The number of aliphatic hydroxyl groups is 5. The third-order valence-corrected chi connectivity index (χ3v) is 29.0. The molecule has 0 unspecified atom stereocenters. The predicted octanol–water partition coefficient (Wildman–Crippen LogP) is 9.31. The van der Waals surface area contributed by atoms with E-state index in [0.29, 0.717) is 69.6 Å². The van der Waals surface area contributed by atoms with Crippen LogP contribution in [0.5, 0.6) is 0 Å². The van der Waals surface area contributed by atoms with E-state index in [1.165, 1.54) is 23.1 Å². The van der Waals surface area contributed by atoms with Crippen molar-refractivity contribution in [1.29, 1.82) is 0 Å². The third kappa shape index (κ3) is 7.19. The normalized spacial score (nSPS) is 50.1. The highest BCUT2D eigenvalue weighted by molar-refractivity contribution is 5.86. The molecule has 10 heteroatoms. The van der Waals surface area contributed by atoms with Gasteiger partial charge in [-0.15, -0.1) is 5.92 Å². The second-order valence-electron chi connectivity index (χ2n) is 31.4. The molecule has 86 heavy (non-hydrogen) atoms. The molecule has 1 saturated heterocycles. The molecular formula is C76H89NO9. The molecule has 2 spiro atoms. The molecule has 9 saturated carbocycles. The largest absolute Gasteiger partial charge is 0.454 e. The average molecular weight is 1160 g/mol. The van der Waals surface area contributed by atoms with E-state index in [0.717, 1.165) is 86.3 Å². The van der Waals surface area contributed by atoms with Gasteiger partial charge in [0.2, 0.25) is 0 Å². The van der Waals surface area contributed by atoms with Gasteiger partial charge in [0.05, 0.1) is 35.9 Å². The van der Waals surface area contributed by atoms with Gasteiger partial charge in [-0.05, 0) is 227 Å². The SMILES string of the molecule is CN[C@@H]1Cc2c(cccc2CO)C#CCC[C@]23C[C@H]4C#CC[C@H](Cc5ccccc5)[C@@H]5C[C@H]6[C@H]7CC[C@@H]5[C@@]65C[C@]6(C=O)[C@@H]4[C@@](O)([C@@H](O)[C@@H]4C[C@@H]8CC[C@@H]([C@H]5O[C@H]7Cc5cccc(c5)C[C@@H]5CC[C@H](C5)[C@H]8C)[C@@]46O)[C@@]2(O)C[C@@H]2C[C@@H]1[C@@H]1OC(=O)C=C1[C@@H]23. The van der Waals surface area contributed by atoms with Crippen molar-refractivity contribution in [3.63, 3.8) is 0 Å². The van der Waals surface area contributed by atoms with Crippen LogP contribution in [0.25, 0.3) is 0 Å². The lowest BCUT2D eigenvalue weighted by Crippen LogP contribution is -2.88. The highest BCUT2D eigenvalue weighted by Gasteiger charge is 2.90. The highest BCUT2D eigenvalue weighted by atomic mass is 16.5. The molecule has 27 atom stereocenters. The van der Waals surface area contributed by atoms with Gasteiger partial charge in [0.15, 0.2) is 0 Å². The first-order valence-corrected chi connectivity index (χ1v) is 34.1. The van der Waals surface area contributed by atoms with Gasteiger partial charge in [0.1, 0.15) is 23.6 Å². The van der Waals surface area contributed by atoms with E-state index >= 15 is 20.1 Å². The topological polar surface area (TPSA) is 166 Å². The quantitative estimate of drug-likeness (QED) is 0.0824. The number of likely N-dealkylation sites (N-methyl/N-ethyl adjacent to an activating group) is 1. The van der Waals surface area contributed by atoms with E-state index < -0.39 is 80.8 Å². The van der Waals surface area contributed by atoms with Crippen LogP contribution in [0, 0.1) is 135 Å². The van der Waals surface area contributed by atoms with Crippen LogP contribution in [-0.2, 0) is 51.4 Å². The molecular weight excluding hydrogens is 1070 g/mol. The number of benzene rings is 3. The lowest BCUT2D eigenvalue weighted by molar-refractivity contribution is -0.404. The lowest BCUT2D eigenvalue weighted by atomic mass is 9.30. The predicted molar refractivity (Wildman–Crippen MR) is 324 cm³/mol. The third-order valence-electron chi connectivity index (χ3n) is 29.0. The zero-order chi connectivity index (χ0) is 58.4. The maximum Gasteiger partial charge on any atom is 0.331 e. The second-order valence-corrected chi connectivity index (χ2v) is 31.4. The minimum absolute atomic E-state index is 0.0772. The summed E-state index contributed by atoms with van der Waals surface area (Å²) in [5.41, 5.74) is -2.04. The van der Waals surface area contributed by atoms with Crippen molar-refractivity contribution in [2.75, 3.05) is 7.05 Å². The van der Waals surface area contributed by atoms with E-state index in [9.17, 15) is 15.0 Å². The summed E-state index contributed by atoms with van der Waals surface area (Å²) < 4.78 is 14.7. The average Bonchev–Trinajstić information content (AvgIpc) is 1.21. The van der Waals surface area contributed by atoms with Gasteiger partial charge in [-0.25, -0.2) is 4.79 Å². The first kappa shape index (κ1) is 55.4. The van der Waals surface area contributed by atoms with Crippen molar-refractivity contribution in [1.82, 2.24) is 5.32 Å². The van der Waals surface area contributed by atoms with Gasteiger partial charge in [-0.1, -0.05) is 91.4 Å². The summed E-state index contributed by atoms with van der Waals surface area (Å²) in [5.74, 6) is 12.8. The van der Waals surface area contributed by atoms with Gasteiger partial charge < -0.3 is 45.1 Å². The molecule has 15 aliphatic rings. The lowest BCUT2D eigenvalue weighted by Gasteiger charge is -2.77. The summed E-state index contributed by atoms with van der Waals surface area (Å²) in [6.07, 6.45) is 14.4. The number of fused-ring (bicyclic) bond motifs is 12. The standard InChI is InChI=1S/C76H89NO9/c1-42-48-21-20-46(30-48)28-44-13-8-14-45(27-44)31-64-54-23-25-59-56-34-61(54)73(59)40-72(41-79)68-51(18-10-17-50(56)29-43-11-4-3-5-12-43)37-71-26-7-6-15-47-16-9-19-52(39-78)55(47)35-63(77-2)57-32-53(66(71)58-36-65(80)86-67(57)58)38-74(71,82)76(68,84)69(81)62-33-49(42)22-24-60(70(73)85-64)75(62,72)83/h3-5,8-9,11-14,16,19,27,36,41-42,46,48-51,53-54,56-57,59-64,66-70,77-78,81-84H,7,17,20-26,28-35,37-40H2,1-2H3/t42-,46+,48-,49+,50-,51-,53+,54-,56+,57+,59+,60+,61+,62+,63-,64+,66-,67+,68-,69+,70-,71-,72+,73+,74-,75-,76-/m1/s1. The molecule has 12 aliphatic carbocycles. The maximum atomic E-state index is 16.2. The van der Waals surface area contributed by atoms with Gasteiger partial charge in [0.25, 0.3) is 0 Å². The smallest absolute Gasteiger partial charge is 0.331 e. The monoisotopic (exact) mass is 1160 g/mol. The number of carbonyl (C=O) groups is 2. The molecule has 6 N–H and O–H groups in total. The molecule has 10 fully saturated rings. The Morgan fingerprint density at radius 2 is 1.58 bits per heavy atom. The van der Waals surface area contributed by atoms with Gasteiger partial charge >= 0.3 is 5.97 Å². The number of hydrogen-bond acceptors (Lipinski definition) is 10. The zero-order valence-corrected chi connectivity index (χ0v) is 50.4. The summed E-state index contributed by atoms with van der Waals surface area (Å²) in [6, 6.07) is 26.0. The van der Waals surface area contributed by atoms with E-state index in [-0.39, 0.29) is 84.5 Å². The summed E-state index contributed by atoms with van der Waals surface area (Å²) in [4.78, 5) is 30.4. The number of ether oxygens (including phenoxy) is 2. The molecule has 0 aromatic heterocycles. The minimum atomic E-state index is -2.33. The summed E-state index contributed by atoms with van der Waals surface area (Å²) in [6.45, 7) is 2.29. The fourth-order valence-corrected chi connectivity index (χ4v) is 26.1. The van der Waals surface area contributed by atoms with Crippen LogP contribution in [0.3, 0.4) is 0 Å². The van der Waals surface area contributed by atoms with Crippen LogP contribution >= 0.6 is 0 Å². The molecule has 3 aromatic carbocycles. The Hall–Kier alpha value is -4.62. The van der Waals surface area contributed by atoms with E-state index in [4.69, 9.17) is 9.47 Å². The Labute approximate surface area is 508 Å². The number of rotatable bonds is 5. The molecule has 3 aromatic rings. The van der Waals surface area contributed by atoms with Gasteiger partial charge in [-0.2, -0.15) is 0 Å². The number of carbonyl (C=O) groups excluding carboxylic acids is 2. The van der Waals surface area contributed by atoms with Crippen molar-refractivity contribution in [3.05, 3.63) is 118 Å². The summed E-state index contributed by atoms with van der Waals surface area (Å²) in [5, 5.41) is 75.4. The Balaban J connectivity index is 0.911.